The summed E-state index contributed by atoms with van der Waals surface area (Å²) in [5.41, 5.74) is 2.69. The second-order valence-electron chi connectivity index (χ2n) is 14.6. The largest absolute Gasteiger partial charge is 1.00 e. The first-order valence-corrected chi connectivity index (χ1v) is 17.9. The predicted molar refractivity (Wildman–Crippen MR) is 174 cm³/mol. The minimum atomic E-state index is -0.903. The van der Waals surface area contributed by atoms with Gasteiger partial charge in [-0.2, -0.15) is 0 Å². The normalized spacial score (nSPS) is 26.2. The molecule has 1 unspecified atom stereocenters. The Kier molecular flexibility index (Phi) is 20.0. The van der Waals surface area contributed by atoms with Crippen molar-refractivity contribution in [1.82, 2.24) is 0 Å². The van der Waals surface area contributed by atoms with E-state index in [2.05, 4.69) is 39.8 Å². The van der Waals surface area contributed by atoms with Crippen LogP contribution in [0.2, 0.25) is 0 Å². The maximum Gasteiger partial charge on any atom is 1.00 e. The molecule has 0 aromatic carbocycles. The number of carbonyl (C=O) groups is 2. The molecule has 3 aliphatic rings. The quantitative estimate of drug-likeness (QED) is 0.132. The Morgan fingerprint density at radius 2 is 1.40 bits per heavy atom. The zero-order valence-corrected chi connectivity index (χ0v) is 31.1. The van der Waals surface area contributed by atoms with E-state index in [9.17, 15) is 19.8 Å². The third-order valence-electron chi connectivity index (χ3n) is 11.1. The van der Waals surface area contributed by atoms with Crippen molar-refractivity contribution in [1.29, 1.82) is 0 Å². The molecule has 5 heteroatoms. The van der Waals surface area contributed by atoms with Crippen LogP contribution in [-0.4, -0.2) is 17.0 Å². The van der Waals surface area contributed by atoms with Crippen molar-refractivity contribution in [2.75, 3.05) is 0 Å². The fourth-order valence-electron chi connectivity index (χ4n) is 8.24. The van der Waals surface area contributed by atoms with Gasteiger partial charge in [-0.25, -0.2) is 0 Å². The number of hydrogen-bond acceptors (Lipinski definition) is 3. The van der Waals surface area contributed by atoms with Crippen molar-refractivity contribution in [3.05, 3.63) is 23.3 Å². The fourth-order valence-corrected chi connectivity index (χ4v) is 8.24. The Labute approximate surface area is 287 Å². The topological polar surface area (TPSA) is 77.4 Å². The fraction of sp³-hybridized carbons (Fsp3) is 0.842. The molecule has 242 valence electrons. The smallest absolute Gasteiger partial charge is 0.550 e. The van der Waals surface area contributed by atoms with Crippen LogP contribution in [-0.2, 0) is 9.59 Å². The van der Waals surface area contributed by atoms with Crippen molar-refractivity contribution < 1.29 is 49.4 Å². The summed E-state index contributed by atoms with van der Waals surface area (Å²) in [6.07, 6.45) is 31.1. The third-order valence-corrected chi connectivity index (χ3v) is 11.1. The van der Waals surface area contributed by atoms with Gasteiger partial charge in [-0.3, -0.25) is 4.79 Å². The van der Waals surface area contributed by atoms with Crippen molar-refractivity contribution >= 4 is 11.9 Å². The standard InChI is InChI=1S/C20H30O2.C18H36O2.Na/c1-13(2)14-6-8-16-15(12-14)7-9-17-19(16,3)10-5-11-20(17,4)18(21)22;1-2-3-4-5-6-7-8-9-10-11-12-13-14-15-16-17-18(19)20;/h7,12-13,16-17H,5-6,8-11H2,1-4H3,(H,21,22);2-17H2,1H3,(H,19,20);/q;;+1/p-1/t16-,17?,19+,20+;;/m0../s1. The summed E-state index contributed by atoms with van der Waals surface area (Å²) in [5, 5.41) is 20.1. The molecule has 1 saturated carbocycles. The number of hydrogen-bond donors (Lipinski definition) is 1. The van der Waals surface area contributed by atoms with Crippen LogP contribution >= 0.6 is 0 Å². The van der Waals surface area contributed by atoms with Gasteiger partial charge < -0.3 is 15.0 Å². The van der Waals surface area contributed by atoms with Crippen LogP contribution in [0.5, 0.6) is 0 Å². The molecule has 0 bridgehead atoms. The zero-order valence-electron chi connectivity index (χ0n) is 29.1. The summed E-state index contributed by atoms with van der Waals surface area (Å²) in [4.78, 5) is 22.2. The van der Waals surface area contributed by atoms with Gasteiger partial charge in [-0.15, -0.1) is 0 Å². The molecule has 3 aliphatic carbocycles. The third kappa shape index (κ3) is 13.0. The Bertz CT molecular complexity index is 877. The number of carboxylic acid groups (broad SMARTS) is 2. The van der Waals surface area contributed by atoms with E-state index >= 15 is 0 Å². The van der Waals surface area contributed by atoms with Gasteiger partial charge in [0.15, 0.2) is 0 Å². The van der Waals surface area contributed by atoms with E-state index in [1.165, 1.54) is 108 Å². The van der Waals surface area contributed by atoms with Crippen LogP contribution in [0.3, 0.4) is 0 Å². The van der Waals surface area contributed by atoms with Gasteiger partial charge in [-0.05, 0) is 80.6 Å². The molecule has 0 aliphatic heterocycles. The molecule has 3 rings (SSSR count). The summed E-state index contributed by atoms with van der Waals surface area (Å²) in [7, 11) is 0. The molecule has 0 radical (unpaired) electrons. The first-order valence-electron chi connectivity index (χ1n) is 17.9. The van der Waals surface area contributed by atoms with E-state index in [0.29, 0.717) is 11.8 Å². The van der Waals surface area contributed by atoms with E-state index in [1.807, 2.05) is 6.92 Å². The predicted octanol–water partition coefficient (Wildman–Crippen LogP) is 7.21. The Morgan fingerprint density at radius 3 is 1.86 bits per heavy atom. The van der Waals surface area contributed by atoms with E-state index in [-0.39, 0.29) is 47.3 Å². The zero-order chi connectivity index (χ0) is 31.0. The second kappa shape index (κ2) is 21.3. The number of carbonyl (C=O) groups excluding carboxylic acids is 1. The number of fused-ring (bicyclic) bond motifs is 3. The molecular formula is C38H65NaO4. The van der Waals surface area contributed by atoms with Crippen LogP contribution in [0.25, 0.3) is 0 Å². The minimum Gasteiger partial charge on any atom is -0.550 e. The minimum absolute atomic E-state index is 0. The van der Waals surface area contributed by atoms with Gasteiger partial charge in [0.2, 0.25) is 0 Å². The van der Waals surface area contributed by atoms with Gasteiger partial charge in [0, 0.05) is 5.97 Å². The Morgan fingerprint density at radius 1 is 0.884 bits per heavy atom. The first-order chi connectivity index (χ1) is 20.1. The SMILES string of the molecule is CC(C)C1=CC2=CCC3[C@](C)(C(=O)O)CCC[C@]3(C)[C@H]2CC1.CCCCCCCCCCCCCCCCCC(=O)[O-].[Na+]. The van der Waals surface area contributed by atoms with Crippen molar-refractivity contribution in [3.8, 4) is 0 Å². The first kappa shape index (κ1) is 40.4. The van der Waals surface area contributed by atoms with Gasteiger partial charge >= 0.3 is 35.5 Å². The summed E-state index contributed by atoms with van der Waals surface area (Å²) >= 11 is 0. The van der Waals surface area contributed by atoms with Crippen LogP contribution in [0.1, 0.15) is 176 Å². The molecule has 0 aromatic rings. The summed E-state index contributed by atoms with van der Waals surface area (Å²) in [6.45, 7) is 11.2. The molecule has 0 spiro atoms. The van der Waals surface area contributed by atoms with E-state index in [4.69, 9.17) is 0 Å². The van der Waals surface area contributed by atoms with Gasteiger partial charge in [0.1, 0.15) is 0 Å². The molecule has 1 N–H and O–H groups in total. The van der Waals surface area contributed by atoms with Crippen molar-refractivity contribution in [2.45, 2.75) is 176 Å². The molecule has 0 saturated heterocycles. The van der Waals surface area contributed by atoms with E-state index < -0.39 is 17.4 Å². The molecule has 0 amide bonds. The number of rotatable bonds is 18. The number of allylic oxidation sites excluding steroid dienone is 4. The molecular weight excluding hydrogens is 543 g/mol. The van der Waals surface area contributed by atoms with Crippen LogP contribution in [0.4, 0.5) is 0 Å². The summed E-state index contributed by atoms with van der Waals surface area (Å²) < 4.78 is 0. The summed E-state index contributed by atoms with van der Waals surface area (Å²) in [5.74, 6) is -0.0149. The van der Waals surface area contributed by atoms with E-state index in [0.717, 1.165) is 32.1 Å². The van der Waals surface area contributed by atoms with Crippen molar-refractivity contribution in [2.24, 2.45) is 28.6 Å². The summed E-state index contributed by atoms with van der Waals surface area (Å²) in [6, 6.07) is 0. The maximum atomic E-state index is 11.9. The van der Waals surface area contributed by atoms with Crippen molar-refractivity contribution in [3.63, 3.8) is 0 Å². The van der Waals surface area contributed by atoms with Crippen LogP contribution in [0, 0.1) is 28.6 Å². The Hall–Kier alpha value is -0.580. The average molecular weight is 609 g/mol. The van der Waals surface area contributed by atoms with Crippen LogP contribution < -0.4 is 34.7 Å². The van der Waals surface area contributed by atoms with Gasteiger partial charge in [0.25, 0.3) is 0 Å². The maximum absolute atomic E-state index is 11.9. The molecule has 0 heterocycles. The molecule has 4 atom stereocenters. The number of unbranched alkanes of at least 4 members (excludes halogenated alkanes) is 14. The average Bonchev–Trinajstić information content (AvgIpc) is 2.95. The van der Waals surface area contributed by atoms with Gasteiger partial charge in [-0.1, -0.05) is 142 Å². The van der Waals surface area contributed by atoms with E-state index in [1.54, 1.807) is 5.57 Å². The number of carboxylic acids is 2. The monoisotopic (exact) mass is 608 g/mol. The molecule has 43 heavy (non-hydrogen) atoms. The number of aliphatic carboxylic acids is 2. The van der Waals surface area contributed by atoms with Gasteiger partial charge in [0.05, 0.1) is 5.41 Å². The van der Waals surface area contributed by atoms with Crippen LogP contribution in [0.15, 0.2) is 23.3 Å². The second-order valence-corrected chi connectivity index (χ2v) is 14.6. The Balaban J connectivity index is 0.000000423. The molecule has 4 nitrogen and oxygen atoms in total. The molecule has 0 aromatic heterocycles. The molecule has 1 fully saturated rings.